The van der Waals surface area contributed by atoms with Crippen LogP contribution in [0.25, 0.3) is 4.96 Å². The second kappa shape index (κ2) is 9.45. The van der Waals surface area contributed by atoms with Gasteiger partial charge in [-0.25, -0.2) is 9.97 Å². The van der Waals surface area contributed by atoms with Crippen molar-refractivity contribution in [1.29, 1.82) is 0 Å². The third-order valence-electron chi connectivity index (χ3n) is 5.55. The maximum Gasteiger partial charge on any atom is 0.274 e. The first-order valence-electron chi connectivity index (χ1n) is 10.4. The number of nitrogens with zero attached hydrogens (tertiary/aromatic N) is 6. The molecule has 4 aromatic rings. The van der Waals surface area contributed by atoms with Crippen LogP contribution in [0.2, 0.25) is 0 Å². The smallest absolute Gasteiger partial charge is 0.274 e. The van der Waals surface area contributed by atoms with Gasteiger partial charge in [-0.1, -0.05) is 30.3 Å². The molecule has 4 rings (SSSR count). The average Bonchev–Trinajstić information content (AvgIpc) is 3.48. The van der Waals surface area contributed by atoms with Crippen molar-refractivity contribution in [2.24, 2.45) is 0 Å². The number of thiazole rings is 1. The highest BCUT2D eigenvalue weighted by atomic mass is 32.1. The predicted octanol–water partition coefficient (Wildman–Crippen LogP) is 3.35. The molecule has 3 heterocycles. The Morgan fingerprint density at radius 3 is 2.68 bits per heavy atom. The molecule has 0 aliphatic carbocycles. The number of hydrogen-bond acceptors (Lipinski definition) is 5. The van der Waals surface area contributed by atoms with Crippen LogP contribution in [-0.4, -0.2) is 61.8 Å². The van der Waals surface area contributed by atoms with E-state index in [2.05, 4.69) is 38.6 Å². The van der Waals surface area contributed by atoms with Gasteiger partial charge in [-0.15, -0.1) is 11.3 Å². The highest BCUT2D eigenvalue weighted by Crippen LogP contribution is 2.20. The van der Waals surface area contributed by atoms with Gasteiger partial charge >= 0.3 is 0 Å². The summed E-state index contributed by atoms with van der Waals surface area (Å²) >= 11 is 1.55. The molecule has 0 bridgehead atoms. The summed E-state index contributed by atoms with van der Waals surface area (Å²) in [5.41, 5.74) is 2.72. The van der Waals surface area contributed by atoms with Gasteiger partial charge < -0.3 is 9.47 Å². The van der Waals surface area contributed by atoms with Crippen LogP contribution in [0.15, 0.2) is 54.3 Å². The van der Waals surface area contributed by atoms with Crippen LogP contribution in [0, 0.1) is 6.92 Å². The van der Waals surface area contributed by atoms with E-state index in [1.807, 2.05) is 60.5 Å². The van der Waals surface area contributed by atoms with Gasteiger partial charge in [-0.05, 0) is 26.0 Å². The molecule has 7 nitrogen and oxygen atoms in total. The van der Waals surface area contributed by atoms with Gasteiger partial charge in [0.1, 0.15) is 5.82 Å². The Bertz CT molecular complexity index is 1150. The average molecular weight is 437 g/mol. The zero-order valence-electron chi connectivity index (χ0n) is 18.2. The quantitative estimate of drug-likeness (QED) is 0.404. The van der Waals surface area contributed by atoms with E-state index in [4.69, 9.17) is 0 Å². The number of aromatic nitrogens is 4. The molecule has 162 valence electrons. The summed E-state index contributed by atoms with van der Waals surface area (Å²) < 4.78 is 4.18. The molecule has 0 radical (unpaired) electrons. The number of rotatable bonds is 9. The van der Waals surface area contributed by atoms with Crippen molar-refractivity contribution >= 4 is 22.2 Å². The normalized spacial score (nSPS) is 11.5. The van der Waals surface area contributed by atoms with Crippen molar-refractivity contribution in [3.8, 4) is 0 Å². The summed E-state index contributed by atoms with van der Waals surface area (Å²) in [4.78, 5) is 27.1. The number of carbonyl (C=O) groups is 1. The standard InChI is InChI=1S/C23H28N6OS/c1-18-24-10-12-28(18)14-13-26(2)17-20-21(25-23-29(20)15-16-31-23)22(30)27(3)11-9-19-7-5-4-6-8-19/h4-8,10,12,15-16H,9,11,13-14,17H2,1-3H3. The van der Waals surface area contributed by atoms with Gasteiger partial charge in [0, 0.05) is 57.2 Å². The SMILES string of the molecule is Cc1nccn1CCN(C)Cc1c(C(=O)N(C)CCc2ccccc2)nc2sccn12. The van der Waals surface area contributed by atoms with Crippen LogP contribution in [0.5, 0.6) is 0 Å². The third-order valence-corrected chi connectivity index (χ3v) is 6.31. The van der Waals surface area contributed by atoms with Gasteiger partial charge in [0.05, 0.1) is 5.69 Å². The molecule has 0 fully saturated rings. The van der Waals surface area contributed by atoms with Crippen molar-refractivity contribution in [3.05, 3.63) is 77.1 Å². The van der Waals surface area contributed by atoms with Crippen LogP contribution in [0.1, 0.15) is 27.6 Å². The lowest BCUT2D eigenvalue weighted by Gasteiger charge is -2.20. The topological polar surface area (TPSA) is 58.7 Å². The van der Waals surface area contributed by atoms with Crippen molar-refractivity contribution in [2.75, 3.05) is 27.2 Å². The van der Waals surface area contributed by atoms with E-state index in [1.165, 1.54) is 5.56 Å². The van der Waals surface area contributed by atoms with E-state index in [-0.39, 0.29) is 5.91 Å². The molecule has 8 heteroatoms. The Balaban J connectivity index is 1.46. The Labute approximate surface area is 186 Å². The Morgan fingerprint density at radius 2 is 1.94 bits per heavy atom. The fraction of sp³-hybridized carbons (Fsp3) is 0.348. The Morgan fingerprint density at radius 1 is 1.13 bits per heavy atom. The summed E-state index contributed by atoms with van der Waals surface area (Å²) in [6.45, 7) is 5.02. The number of carbonyl (C=O) groups excluding carboxylic acids is 1. The molecule has 0 aliphatic heterocycles. The fourth-order valence-corrected chi connectivity index (χ4v) is 4.36. The zero-order valence-corrected chi connectivity index (χ0v) is 19.0. The largest absolute Gasteiger partial charge is 0.340 e. The summed E-state index contributed by atoms with van der Waals surface area (Å²) in [6.07, 6.45) is 6.64. The van der Waals surface area contributed by atoms with Gasteiger partial charge in [-0.2, -0.15) is 0 Å². The molecular formula is C23H28N6OS. The number of imidazole rings is 2. The van der Waals surface area contributed by atoms with Gasteiger partial charge in [0.15, 0.2) is 10.7 Å². The number of benzene rings is 1. The molecule has 1 amide bonds. The van der Waals surface area contributed by atoms with E-state index < -0.39 is 0 Å². The van der Waals surface area contributed by atoms with E-state index in [1.54, 1.807) is 16.2 Å². The molecule has 0 atom stereocenters. The summed E-state index contributed by atoms with van der Waals surface area (Å²) in [7, 11) is 3.93. The summed E-state index contributed by atoms with van der Waals surface area (Å²) in [5.74, 6) is 0.981. The third kappa shape index (κ3) is 4.86. The highest BCUT2D eigenvalue weighted by Gasteiger charge is 2.23. The first-order chi connectivity index (χ1) is 15.0. The molecule has 3 aromatic heterocycles. The van der Waals surface area contributed by atoms with Crippen LogP contribution < -0.4 is 0 Å². The number of fused-ring (bicyclic) bond motifs is 1. The first kappa shape index (κ1) is 21.3. The zero-order chi connectivity index (χ0) is 21.8. The molecule has 0 N–H and O–H groups in total. The minimum atomic E-state index is -0.0271. The van der Waals surface area contributed by atoms with Crippen LogP contribution in [0.4, 0.5) is 0 Å². The summed E-state index contributed by atoms with van der Waals surface area (Å²) in [6, 6.07) is 10.2. The van der Waals surface area contributed by atoms with Crippen LogP contribution >= 0.6 is 11.3 Å². The maximum atomic E-state index is 13.2. The van der Waals surface area contributed by atoms with Crippen molar-refractivity contribution in [2.45, 2.75) is 26.4 Å². The number of aryl methyl sites for hydroxylation is 1. The first-order valence-corrected chi connectivity index (χ1v) is 11.3. The second-order valence-corrected chi connectivity index (χ2v) is 8.70. The molecule has 0 spiro atoms. The predicted molar refractivity (Wildman–Crippen MR) is 123 cm³/mol. The highest BCUT2D eigenvalue weighted by molar-refractivity contribution is 7.15. The van der Waals surface area contributed by atoms with E-state index in [9.17, 15) is 4.79 Å². The van der Waals surface area contributed by atoms with Gasteiger partial charge in [0.25, 0.3) is 5.91 Å². The van der Waals surface area contributed by atoms with Crippen LogP contribution in [0.3, 0.4) is 0 Å². The minimum absolute atomic E-state index is 0.0271. The van der Waals surface area contributed by atoms with E-state index in [0.717, 1.165) is 36.0 Å². The Kier molecular flexibility index (Phi) is 6.48. The maximum absolute atomic E-state index is 13.2. The molecule has 1 aromatic carbocycles. The number of hydrogen-bond donors (Lipinski definition) is 0. The lowest BCUT2D eigenvalue weighted by molar-refractivity contribution is 0.0789. The van der Waals surface area contributed by atoms with Crippen molar-refractivity contribution in [1.82, 2.24) is 28.7 Å². The minimum Gasteiger partial charge on any atom is -0.340 e. The second-order valence-electron chi connectivity index (χ2n) is 7.83. The lowest BCUT2D eigenvalue weighted by atomic mass is 10.1. The number of amides is 1. The lowest BCUT2D eigenvalue weighted by Crippen LogP contribution is -2.31. The number of likely N-dealkylation sites (N-methyl/N-ethyl adjacent to an activating group) is 2. The molecular weight excluding hydrogens is 408 g/mol. The van der Waals surface area contributed by atoms with Crippen molar-refractivity contribution in [3.63, 3.8) is 0 Å². The molecule has 0 unspecified atom stereocenters. The molecule has 0 saturated carbocycles. The Hall–Kier alpha value is -2.97. The molecule has 0 saturated heterocycles. The van der Waals surface area contributed by atoms with Gasteiger partial charge in [0.2, 0.25) is 0 Å². The van der Waals surface area contributed by atoms with Crippen molar-refractivity contribution < 1.29 is 4.79 Å². The summed E-state index contributed by atoms with van der Waals surface area (Å²) in [5, 5.41) is 2.01. The van der Waals surface area contributed by atoms with Gasteiger partial charge in [-0.3, -0.25) is 14.1 Å². The van der Waals surface area contributed by atoms with E-state index >= 15 is 0 Å². The fourth-order valence-electron chi connectivity index (χ4n) is 3.63. The van der Waals surface area contributed by atoms with E-state index in [0.29, 0.717) is 18.8 Å². The molecule has 31 heavy (non-hydrogen) atoms. The van der Waals surface area contributed by atoms with Crippen LogP contribution in [-0.2, 0) is 19.5 Å². The monoisotopic (exact) mass is 436 g/mol. The molecule has 0 aliphatic rings.